The van der Waals surface area contributed by atoms with Crippen LogP contribution in [0.2, 0.25) is 0 Å². The molecule has 17 heteroatoms. The van der Waals surface area contributed by atoms with E-state index in [9.17, 15) is 33.9 Å². The molecule has 0 heterocycles. The summed E-state index contributed by atoms with van der Waals surface area (Å²) in [4.78, 5) is 80.1. The second kappa shape index (κ2) is 21.0. The van der Waals surface area contributed by atoms with Crippen LogP contribution in [0.25, 0.3) is 0 Å². The molecule has 0 radical (unpaired) electrons. The van der Waals surface area contributed by atoms with Crippen LogP contribution in [0.3, 0.4) is 0 Å². The van der Waals surface area contributed by atoms with Gasteiger partial charge in [-0.1, -0.05) is 0 Å². The Bertz CT molecular complexity index is 955. The molecule has 0 aromatic heterocycles. The SMILES string of the molecule is C[C@H](N)C(=O)N[C@@H](CCCN=C(N)N)C(=O)N[C@H](C(=O)N[C@@H](CCCCN(C)C)C(=O)N[C@H](C=O)CCC(N)=O)[C@@H](C)O. The summed E-state index contributed by atoms with van der Waals surface area (Å²) in [6, 6.07) is -5.70. The summed E-state index contributed by atoms with van der Waals surface area (Å²) in [5, 5.41) is 20.3. The molecule has 0 saturated heterocycles. The molecule has 0 unspecified atom stereocenters. The Morgan fingerprint density at radius 3 is 1.86 bits per heavy atom. The number of nitrogens with zero attached hydrogens (tertiary/aromatic N) is 2. The lowest BCUT2D eigenvalue weighted by molar-refractivity contribution is -0.136. The fourth-order valence-electron chi connectivity index (χ4n) is 3.80. The van der Waals surface area contributed by atoms with E-state index in [0.29, 0.717) is 25.5 Å². The Kier molecular flexibility index (Phi) is 19.1. The van der Waals surface area contributed by atoms with Crippen molar-refractivity contribution >= 4 is 41.8 Å². The number of carbonyl (C=O) groups excluding carboxylic acids is 6. The average Bonchev–Trinajstić information content (AvgIpc) is 2.91. The van der Waals surface area contributed by atoms with Crippen molar-refractivity contribution in [2.45, 2.75) is 95.1 Å². The van der Waals surface area contributed by atoms with Gasteiger partial charge in [-0.25, -0.2) is 0 Å². The zero-order valence-corrected chi connectivity index (χ0v) is 25.5. The maximum atomic E-state index is 13.3. The monoisotopic (exact) mass is 614 g/mol. The van der Waals surface area contributed by atoms with Crippen LogP contribution in [0.15, 0.2) is 4.99 Å². The third-order valence-corrected chi connectivity index (χ3v) is 6.23. The van der Waals surface area contributed by atoms with Gasteiger partial charge in [-0.3, -0.25) is 29.0 Å². The zero-order chi connectivity index (χ0) is 33.1. The maximum Gasteiger partial charge on any atom is 0.245 e. The summed E-state index contributed by atoms with van der Waals surface area (Å²) >= 11 is 0. The number of aliphatic imine (C=N–C) groups is 1. The number of nitrogens with one attached hydrogen (secondary N) is 4. The number of aliphatic hydroxyl groups excluding tert-OH is 1. The van der Waals surface area contributed by atoms with Crippen LogP contribution in [0.4, 0.5) is 0 Å². The van der Waals surface area contributed by atoms with Gasteiger partial charge in [-0.15, -0.1) is 0 Å². The van der Waals surface area contributed by atoms with Gasteiger partial charge in [0.25, 0.3) is 0 Å². The summed E-state index contributed by atoms with van der Waals surface area (Å²) in [5.41, 5.74) is 21.4. The number of carbonyl (C=O) groups is 6. The van der Waals surface area contributed by atoms with Crippen LogP contribution in [0.1, 0.15) is 58.8 Å². The number of nitrogens with two attached hydrogens (primary N) is 4. The smallest absolute Gasteiger partial charge is 0.245 e. The summed E-state index contributed by atoms with van der Waals surface area (Å²) in [7, 11) is 3.78. The molecule has 0 spiro atoms. The highest BCUT2D eigenvalue weighted by atomic mass is 16.3. The van der Waals surface area contributed by atoms with E-state index in [1.165, 1.54) is 13.8 Å². The zero-order valence-electron chi connectivity index (χ0n) is 25.5. The lowest BCUT2D eigenvalue weighted by Gasteiger charge is -2.27. The minimum absolute atomic E-state index is 0.0179. The molecule has 43 heavy (non-hydrogen) atoms. The molecule has 0 aliphatic rings. The average molecular weight is 615 g/mol. The standard InChI is InChI=1S/C26H50N10O7/c1-15(27)22(40)33-19(9-7-12-31-26(29)30)24(42)35-21(16(2)38)25(43)34-18(8-5-6-13-36(3)4)23(41)32-17(14-37)10-11-20(28)39/h14-19,21,38H,5-13,27H2,1-4H3,(H2,28,39)(H,32,41)(H,33,40)(H,34,43)(H,35,42)(H4,29,30,31)/t15-,16+,17-,18-,19-,21-/m0/s1. The predicted molar refractivity (Wildman–Crippen MR) is 160 cm³/mol. The molecule has 0 aliphatic heterocycles. The van der Waals surface area contributed by atoms with Crippen LogP contribution < -0.4 is 44.2 Å². The molecule has 0 bridgehead atoms. The third kappa shape index (κ3) is 17.7. The number of primary amides is 1. The molecule has 0 saturated carbocycles. The molecular weight excluding hydrogens is 564 g/mol. The quantitative estimate of drug-likeness (QED) is 0.0244. The number of aliphatic hydroxyl groups is 1. The topological polar surface area (TPSA) is 290 Å². The van der Waals surface area contributed by atoms with Gasteiger partial charge in [0.15, 0.2) is 5.96 Å². The molecule has 5 amide bonds. The fraction of sp³-hybridized carbons (Fsp3) is 0.731. The molecule has 0 rings (SSSR count). The van der Waals surface area contributed by atoms with Crippen LogP contribution >= 0.6 is 0 Å². The van der Waals surface area contributed by atoms with Gasteiger partial charge in [0.1, 0.15) is 24.4 Å². The lowest BCUT2D eigenvalue weighted by atomic mass is 10.0. The highest BCUT2D eigenvalue weighted by Gasteiger charge is 2.32. The van der Waals surface area contributed by atoms with E-state index in [4.69, 9.17) is 22.9 Å². The first-order chi connectivity index (χ1) is 20.1. The van der Waals surface area contributed by atoms with Gasteiger partial charge in [0, 0.05) is 13.0 Å². The van der Waals surface area contributed by atoms with Crippen LogP contribution in [-0.2, 0) is 28.8 Å². The van der Waals surface area contributed by atoms with Crippen molar-refractivity contribution in [3.05, 3.63) is 0 Å². The molecule has 246 valence electrons. The predicted octanol–water partition coefficient (Wildman–Crippen LogP) is -4.10. The van der Waals surface area contributed by atoms with Crippen LogP contribution in [-0.4, -0.2) is 115 Å². The van der Waals surface area contributed by atoms with E-state index in [2.05, 4.69) is 26.3 Å². The Morgan fingerprint density at radius 1 is 0.814 bits per heavy atom. The van der Waals surface area contributed by atoms with Crippen LogP contribution in [0.5, 0.6) is 0 Å². The first-order valence-electron chi connectivity index (χ1n) is 14.2. The number of rotatable bonds is 22. The van der Waals surface area contributed by atoms with Crippen molar-refractivity contribution in [3.63, 3.8) is 0 Å². The minimum Gasteiger partial charge on any atom is -0.391 e. The van der Waals surface area contributed by atoms with Gasteiger partial charge >= 0.3 is 0 Å². The number of hydrogen-bond acceptors (Lipinski definition) is 10. The van der Waals surface area contributed by atoms with Crippen LogP contribution in [0, 0.1) is 0 Å². The molecule has 0 aromatic rings. The van der Waals surface area contributed by atoms with E-state index in [0.717, 1.165) is 6.54 Å². The molecule has 0 aliphatic carbocycles. The van der Waals surface area contributed by atoms with Gasteiger partial charge in [-0.2, -0.15) is 0 Å². The van der Waals surface area contributed by atoms with Crippen molar-refractivity contribution in [2.24, 2.45) is 27.9 Å². The van der Waals surface area contributed by atoms with Gasteiger partial charge in [-0.05, 0) is 73.0 Å². The molecule has 17 nitrogen and oxygen atoms in total. The van der Waals surface area contributed by atoms with E-state index in [1.54, 1.807) is 0 Å². The molecule has 0 fully saturated rings. The largest absolute Gasteiger partial charge is 0.391 e. The molecule has 6 atom stereocenters. The second-order valence-corrected chi connectivity index (χ2v) is 10.6. The van der Waals surface area contributed by atoms with Crippen molar-refractivity contribution < 1.29 is 33.9 Å². The number of amides is 5. The first kappa shape index (κ1) is 39.2. The number of hydrogen-bond donors (Lipinski definition) is 9. The molecule has 13 N–H and O–H groups in total. The Hall–Kier alpha value is -3.83. The summed E-state index contributed by atoms with van der Waals surface area (Å²) in [5.74, 6) is -3.73. The van der Waals surface area contributed by atoms with Crippen molar-refractivity contribution in [2.75, 3.05) is 27.2 Å². The summed E-state index contributed by atoms with van der Waals surface area (Å²) < 4.78 is 0. The summed E-state index contributed by atoms with van der Waals surface area (Å²) in [6.45, 7) is 3.61. The lowest BCUT2D eigenvalue weighted by Crippen LogP contribution is -2.60. The molecule has 0 aromatic carbocycles. The normalized spacial score (nSPS) is 15.1. The molecular formula is C26H50N10O7. The van der Waals surface area contributed by atoms with Gasteiger partial charge < -0.3 is 59.0 Å². The number of unbranched alkanes of at least 4 members (excludes halogenated alkanes) is 1. The van der Waals surface area contributed by atoms with Crippen molar-refractivity contribution in [3.8, 4) is 0 Å². The number of guanidine groups is 1. The highest BCUT2D eigenvalue weighted by molar-refractivity contribution is 5.95. The second-order valence-electron chi connectivity index (χ2n) is 10.6. The van der Waals surface area contributed by atoms with Crippen molar-refractivity contribution in [1.29, 1.82) is 0 Å². The Labute approximate surface area is 252 Å². The van der Waals surface area contributed by atoms with Gasteiger partial charge in [0.2, 0.25) is 29.5 Å². The summed E-state index contributed by atoms with van der Waals surface area (Å²) in [6.07, 6.45) is 0.709. The van der Waals surface area contributed by atoms with Crippen molar-refractivity contribution in [1.82, 2.24) is 26.2 Å². The van der Waals surface area contributed by atoms with E-state index in [1.807, 2.05) is 19.0 Å². The van der Waals surface area contributed by atoms with E-state index in [-0.39, 0.29) is 38.2 Å². The Morgan fingerprint density at radius 2 is 1.37 bits per heavy atom. The third-order valence-electron chi connectivity index (χ3n) is 6.23. The Balaban J connectivity index is 5.77. The van der Waals surface area contributed by atoms with E-state index >= 15 is 0 Å². The van der Waals surface area contributed by atoms with Gasteiger partial charge in [0.05, 0.1) is 18.2 Å². The highest BCUT2D eigenvalue weighted by Crippen LogP contribution is 2.07. The number of aldehydes is 1. The fourth-order valence-corrected chi connectivity index (χ4v) is 3.80. The maximum absolute atomic E-state index is 13.3. The first-order valence-corrected chi connectivity index (χ1v) is 14.2. The minimum atomic E-state index is -1.51. The van der Waals surface area contributed by atoms with E-state index < -0.39 is 65.8 Å².